The van der Waals surface area contributed by atoms with Gasteiger partial charge in [0.05, 0.1) is 10.3 Å². The van der Waals surface area contributed by atoms with Gasteiger partial charge in [0.2, 0.25) is 0 Å². The van der Waals surface area contributed by atoms with Crippen molar-refractivity contribution in [2.24, 2.45) is 0 Å². The number of nitro benzene ring substituents is 1. The first-order valence-electron chi connectivity index (χ1n) is 9.28. The van der Waals surface area contributed by atoms with Gasteiger partial charge >= 0.3 is 0 Å². The van der Waals surface area contributed by atoms with E-state index in [1.165, 1.54) is 23.2 Å². The van der Waals surface area contributed by atoms with Crippen molar-refractivity contribution < 1.29 is 4.92 Å². The molecule has 2 aromatic carbocycles. The number of aryl methyl sites for hydroxylation is 1. The fourth-order valence-electron chi connectivity index (χ4n) is 3.26. The van der Waals surface area contributed by atoms with Gasteiger partial charge in [-0.2, -0.15) is 0 Å². The van der Waals surface area contributed by atoms with Crippen LogP contribution < -0.4 is 5.32 Å². The smallest absolute Gasteiger partial charge is 0.292 e. The number of nitro groups is 1. The fourth-order valence-corrected chi connectivity index (χ4v) is 4.17. The normalized spacial score (nSPS) is 11.2. The van der Waals surface area contributed by atoms with Crippen molar-refractivity contribution in [2.75, 3.05) is 5.32 Å². The van der Waals surface area contributed by atoms with E-state index in [1.54, 1.807) is 12.1 Å². The Morgan fingerprint density at radius 1 is 1.10 bits per heavy atom. The zero-order valence-corrected chi connectivity index (χ0v) is 17.2. The zero-order valence-electron chi connectivity index (χ0n) is 16.3. The lowest BCUT2D eigenvalue weighted by Crippen LogP contribution is -2.00. The number of aromatic nitrogens is 2. The van der Waals surface area contributed by atoms with Gasteiger partial charge in [-0.15, -0.1) is 11.3 Å². The SMILES string of the molecule is Cc1ccc(Nc2ncnc3scc(-c4ccc(C(C)C)cc4)c23)c([N+](=O)[O-])c1. The standard InChI is InChI=1S/C22H20N4O2S/c1-13(2)15-5-7-16(8-6-15)17-11-29-22-20(17)21(23-12-24-22)25-18-9-4-14(3)10-19(18)26(27)28/h4-13H,1-3H3,(H,23,24,25). The van der Waals surface area contributed by atoms with Crippen molar-refractivity contribution in [1.82, 2.24) is 9.97 Å². The molecule has 29 heavy (non-hydrogen) atoms. The molecule has 146 valence electrons. The second kappa shape index (κ2) is 7.60. The van der Waals surface area contributed by atoms with Crippen LogP contribution in [0, 0.1) is 17.0 Å². The summed E-state index contributed by atoms with van der Waals surface area (Å²) in [6.45, 7) is 6.16. The minimum Gasteiger partial charge on any atom is -0.334 e. The van der Waals surface area contributed by atoms with E-state index >= 15 is 0 Å². The van der Waals surface area contributed by atoms with Gasteiger partial charge in [0.1, 0.15) is 22.7 Å². The largest absolute Gasteiger partial charge is 0.334 e. The number of fused-ring (bicyclic) bond motifs is 1. The van der Waals surface area contributed by atoms with Gasteiger partial charge in [-0.25, -0.2) is 9.97 Å². The molecular weight excluding hydrogens is 384 g/mol. The molecule has 4 rings (SSSR count). The van der Waals surface area contributed by atoms with Gasteiger partial charge in [-0.05, 0) is 35.6 Å². The first-order chi connectivity index (χ1) is 13.9. The predicted molar refractivity (Wildman–Crippen MR) is 118 cm³/mol. The van der Waals surface area contributed by atoms with E-state index < -0.39 is 0 Å². The molecule has 0 aliphatic rings. The minimum atomic E-state index is -0.382. The van der Waals surface area contributed by atoms with Crippen LogP contribution in [0.15, 0.2) is 54.2 Å². The van der Waals surface area contributed by atoms with Crippen LogP contribution in [0.5, 0.6) is 0 Å². The number of anilines is 2. The summed E-state index contributed by atoms with van der Waals surface area (Å²) in [6, 6.07) is 13.6. The van der Waals surface area contributed by atoms with E-state index in [9.17, 15) is 10.1 Å². The molecule has 2 aromatic heterocycles. The summed E-state index contributed by atoms with van der Waals surface area (Å²) in [7, 11) is 0. The number of nitrogens with one attached hydrogen (secondary N) is 1. The maximum absolute atomic E-state index is 11.5. The molecule has 0 atom stereocenters. The number of nitrogens with zero attached hydrogens (tertiary/aromatic N) is 3. The summed E-state index contributed by atoms with van der Waals surface area (Å²) < 4.78 is 0. The monoisotopic (exact) mass is 404 g/mol. The van der Waals surface area contributed by atoms with Crippen molar-refractivity contribution in [3.05, 3.63) is 75.4 Å². The van der Waals surface area contributed by atoms with Gasteiger partial charge in [-0.3, -0.25) is 10.1 Å². The fraction of sp³-hybridized carbons (Fsp3) is 0.182. The van der Waals surface area contributed by atoms with Crippen LogP contribution in [0.1, 0.15) is 30.9 Å². The van der Waals surface area contributed by atoms with Crippen LogP contribution in [0.4, 0.5) is 17.2 Å². The van der Waals surface area contributed by atoms with E-state index in [-0.39, 0.29) is 10.6 Å². The third-order valence-corrected chi connectivity index (χ3v) is 5.75. The van der Waals surface area contributed by atoms with Crippen LogP contribution in [0.3, 0.4) is 0 Å². The van der Waals surface area contributed by atoms with Crippen LogP contribution in [0.25, 0.3) is 21.3 Å². The molecule has 0 unspecified atom stereocenters. The van der Waals surface area contributed by atoms with Gasteiger partial charge < -0.3 is 5.32 Å². The van der Waals surface area contributed by atoms with Crippen LogP contribution in [0.2, 0.25) is 0 Å². The summed E-state index contributed by atoms with van der Waals surface area (Å²) >= 11 is 1.53. The van der Waals surface area contributed by atoms with E-state index in [1.807, 2.05) is 13.0 Å². The Bertz CT molecular complexity index is 1200. The molecule has 0 aliphatic heterocycles. The Kier molecular flexibility index (Phi) is 4.98. The van der Waals surface area contributed by atoms with Crippen molar-refractivity contribution in [2.45, 2.75) is 26.7 Å². The molecule has 0 radical (unpaired) electrons. The molecule has 0 fully saturated rings. The topological polar surface area (TPSA) is 81.0 Å². The lowest BCUT2D eigenvalue weighted by molar-refractivity contribution is -0.384. The molecule has 0 bridgehead atoms. The molecule has 1 N–H and O–H groups in total. The molecule has 2 heterocycles. The first kappa shape index (κ1) is 19.0. The average Bonchev–Trinajstić information content (AvgIpc) is 3.14. The maximum atomic E-state index is 11.5. The van der Waals surface area contributed by atoms with E-state index in [0.717, 1.165) is 26.9 Å². The number of thiophene rings is 1. The quantitative estimate of drug-likeness (QED) is 0.306. The highest BCUT2D eigenvalue weighted by atomic mass is 32.1. The number of hydrogen-bond donors (Lipinski definition) is 1. The maximum Gasteiger partial charge on any atom is 0.292 e. The number of hydrogen-bond acceptors (Lipinski definition) is 6. The van der Waals surface area contributed by atoms with Crippen molar-refractivity contribution in [3.8, 4) is 11.1 Å². The summed E-state index contributed by atoms with van der Waals surface area (Å²) in [4.78, 5) is 20.7. The second-order valence-electron chi connectivity index (χ2n) is 7.23. The summed E-state index contributed by atoms with van der Waals surface area (Å²) in [5.74, 6) is 1.03. The van der Waals surface area contributed by atoms with Crippen molar-refractivity contribution in [1.29, 1.82) is 0 Å². The average molecular weight is 404 g/mol. The Hall–Kier alpha value is -3.32. The molecular formula is C22H20N4O2S. The van der Waals surface area contributed by atoms with Gasteiger partial charge in [-0.1, -0.05) is 44.2 Å². The highest BCUT2D eigenvalue weighted by Crippen LogP contribution is 2.39. The van der Waals surface area contributed by atoms with Crippen LogP contribution >= 0.6 is 11.3 Å². The van der Waals surface area contributed by atoms with Gasteiger partial charge in [0.25, 0.3) is 5.69 Å². The molecule has 4 aromatic rings. The molecule has 0 spiro atoms. The minimum absolute atomic E-state index is 0.0230. The molecule has 6 nitrogen and oxygen atoms in total. The van der Waals surface area contributed by atoms with Crippen molar-refractivity contribution in [3.63, 3.8) is 0 Å². The van der Waals surface area contributed by atoms with E-state index in [4.69, 9.17) is 0 Å². The van der Waals surface area contributed by atoms with Gasteiger partial charge in [0, 0.05) is 17.0 Å². The molecule has 0 aliphatic carbocycles. The highest BCUT2D eigenvalue weighted by molar-refractivity contribution is 7.17. The Morgan fingerprint density at radius 3 is 2.55 bits per heavy atom. The van der Waals surface area contributed by atoms with Crippen LogP contribution in [-0.4, -0.2) is 14.9 Å². The molecule has 0 amide bonds. The zero-order chi connectivity index (χ0) is 20.5. The summed E-state index contributed by atoms with van der Waals surface area (Å²) in [6.07, 6.45) is 1.48. The molecule has 7 heteroatoms. The Morgan fingerprint density at radius 2 is 1.86 bits per heavy atom. The summed E-state index contributed by atoms with van der Waals surface area (Å²) in [5, 5.41) is 17.6. The first-order valence-corrected chi connectivity index (χ1v) is 10.2. The second-order valence-corrected chi connectivity index (χ2v) is 8.09. The number of benzene rings is 2. The third-order valence-electron chi connectivity index (χ3n) is 4.86. The van der Waals surface area contributed by atoms with E-state index in [2.05, 4.69) is 58.8 Å². The highest BCUT2D eigenvalue weighted by Gasteiger charge is 2.18. The van der Waals surface area contributed by atoms with Crippen LogP contribution in [-0.2, 0) is 0 Å². The molecule has 0 saturated carbocycles. The lowest BCUT2D eigenvalue weighted by atomic mass is 9.99. The van der Waals surface area contributed by atoms with Crippen molar-refractivity contribution >= 4 is 38.7 Å². The Labute approximate surface area is 172 Å². The summed E-state index contributed by atoms with van der Waals surface area (Å²) in [5.41, 5.74) is 4.62. The molecule has 0 saturated heterocycles. The Balaban J connectivity index is 1.81. The predicted octanol–water partition coefficient (Wildman–Crippen LogP) is 6.44. The van der Waals surface area contributed by atoms with Gasteiger partial charge in [0.15, 0.2) is 0 Å². The number of rotatable bonds is 5. The lowest BCUT2D eigenvalue weighted by Gasteiger charge is -2.10. The third kappa shape index (κ3) is 3.69. The van der Waals surface area contributed by atoms with E-state index in [0.29, 0.717) is 17.4 Å².